The Hall–Kier alpha value is -3.19. The van der Waals surface area contributed by atoms with Crippen LogP contribution < -0.4 is 10.6 Å². The predicted octanol–water partition coefficient (Wildman–Crippen LogP) is 2.15. The molecule has 1 heterocycles. The van der Waals surface area contributed by atoms with Crippen LogP contribution in [0.5, 0.6) is 0 Å². The van der Waals surface area contributed by atoms with Gasteiger partial charge in [0.1, 0.15) is 12.1 Å². The standard InChI is InChI=1S/C22H22N4O2/c23-13-17-4-8-19(9-5-17)18-6-2-16(3-7-18)12-20(14-24)26-22(27)21-15-25-10-1-11-28-21/h2-9,20-21,25H,1,10-12,15H2,(H,26,27)/t20-,21?/m0/s1. The SMILES string of the molecule is N#Cc1ccc(-c2ccc(C[C@@H](C#N)NC(=O)C3CNCCCO3)cc2)cc1. The highest BCUT2D eigenvalue weighted by Gasteiger charge is 2.23. The molecule has 142 valence electrons. The highest BCUT2D eigenvalue weighted by atomic mass is 16.5. The summed E-state index contributed by atoms with van der Waals surface area (Å²) < 4.78 is 5.54. The minimum absolute atomic E-state index is 0.254. The molecule has 2 N–H and O–H groups in total. The van der Waals surface area contributed by atoms with Gasteiger partial charge in [0.25, 0.3) is 5.91 Å². The maximum Gasteiger partial charge on any atom is 0.251 e. The summed E-state index contributed by atoms with van der Waals surface area (Å²) in [5.74, 6) is -0.254. The fourth-order valence-electron chi connectivity index (χ4n) is 3.08. The van der Waals surface area contributed by atoms with Crippen molar-refractivity contribution in [2.45, 2.75) is 25.0 Å². The average molecular weight is 374 g/mol. The van der Waals surface area contributed by atoms with E-state index in [9.17, 15) is 10.1 Å². The molecule has 0 bridgehead atoms. The van der Waals surface area contributed by atoms with E-state index >= 15 is 0 Å². The third kappa shape index (κ3) is 5.17. The molecule has 3 rings (SSSR count). The molecule has 1 amide bonds. The fourth-order valence-corrected chi connectivity index (χ4v) is 3.08. The number of carbonyl (C=O) groups excluding carboxylic acids is 1. The lowest BCUT2D eigenvalue weighted by molar-refractivity contribution is -0.132. The summed E-state index contributed by atoms with van der Waals surface area (Å²) in [7, 11) is 0. The molecular formula is C22H22N4O2. The number of hydrogen-bond acceptors (Lipinski definition) is 5. The van der Waals surface area contributed by atoms with Gasteiger partial charge in [0.2, 0.25) is 0 Å². The van der Waals surface area contributed by atoms with E-state index in [-0.39, 0.29) is 5.91 Å². The first-order valence-electron chi connectivity index (χ1n) is 9.31. The second-order valence-electron chi connectivity index (χ2n) is 6.70. The van der Waals surface area contributed by atoms with Crippen molar-refractivity contribution < 1.29 is 9.53 Å². The van der Waals surface area contributed by atoms with Crippen molar-refractivity contribution in [3.63, 3.8) is 0 Å². The minimum Gasteiger partial charge on any atom is -0.367 e. The van der Waals surface area contributed by atoms with Gasteiger partial charge < -0.3 is 15.4 Å². The van der Waals surface area contributed by atoms with Crippen molar-refractivity contribution in [2.75, 3.05) is 19.7 Å². The van der Waals surface area contributed by atoms with Crippen LogP contribution in [0.4, 0.5) is 0 Å². The molecule has 0 saturated carbocycles. The molecule has 0 radical (unpaired) electrons. The van der Waals surface area contributed by atoms with Crippen molar-refractivity contribution in [3.8, 4) is 23.3 Å². The van der Waals surface area contributed by atoms with Crippen LogP contribution in [0.3, 0.4) is 0 Å². The maximum absolute atomic E-state index is 12.4. The van der Waals surface area contributed by atoms with Crippen molar-refractivity contribution in [3.05, 3.63) is 59.7 Å². The van der Waals surface area contributed by atoms with E-state index in [0.29, 0.717) is 25.1 Å². The molecule has 2 aromatic carbocycles. The van der Waals surface area contributed by atoms with E-state index in [2.05, 4.69) is 22.8 Å². The molecule has 0 aliphatic carbocycles. The van der Waals surface area contributed by atoms with Gasteiger partial charge in [-0.05, 0) is 41.8 Å². The molecule has 1 saturated heterocycles. The fraction of sp³-hybridized carbons (Fsp3) is 0.318. The molecule has 2 atom stereocenters. The van der Waals surface area contributed by atoms with E-state index in [4.69, 9.17) is 10.00 Å². The van der Waals surface area contributed by atoms with Crippen LogP contribution >= 0.6 is 0 Å². The highest BCUT2D eigenvalue weighted by Crippen LogP contribution is 2.20. The maximum atomic E-state index is 12.4. The summed E-state index contributed by atoms with van der Waals surface area (Å²) >= 11 is 0. The second kappa shape index (κ2) is 9.66. The van der Waals surface area contributed by atoms with Crippen LogP contribution in [0.1, 0.15) is 17.5 Å². The quantitative estimate of drug-likeness (QED) is 0.836. The first-order chi connectivity index (χ1) is 13.7. The summed E-state index contributed by atoms with van der Waals surface area (Å²) in [5, 5.41) is 24.2. The Morgan fingerprint density at radius 1 is 1.14 bits per heavy atom. The van der Waals surface area contributed by atoms with Crippen LogP contribution in [0.15, 0.2) is 48.5 Å². The van der Waals surface area contributed by atoms with Gasteiger partial charge in [-0.3, -0.25) is 4.79 Å². The lowest BCUT2D eigenvalue weighted by atomic mass is 10.00. The van der Waals surface area contributed by atoms with E-state index in [1.165, 1.54) is 0 Å². The molecular weight excluding hydrogens is 352 g/mol. The number of rotatable bonds is 5. The van der Waals surface area contributed by atoms with E-state index in [0.717, 1.165) is 29.7 Å². The van der Waals surface area contributed by atoms with E-state index in [1.54, 1.807) is 12.1 Å². The number of hydrogen-bond donors (Lipinski definition) is 2. The Morgan fingerprint density at radius 2 is 1.82 bits per heavy atom. The lowest BCUT2D eigenvalue weighted by Crippen LogP contribution is -2.46. The van der Waals surface area contributed by atoms with Gasteiger partial charge in [-0.15, -0.1) is 0 Å². The number of carbonyl (C=O) groups is 1. The van der Waals surface area contributed by atoms with Crippen molar-refractivity contribution >= 4 is 5.91 Å². The van der Waals surface area contributed by atoms with Gasteiger partial charge in [-0.2, -0.15) is 10.5 Å². The van der Waals surface area contributed by atoms with Gasteiger partial charge in [0.05, 0.1) is 17.7 Å². The van der Waals surface area contributed by atoms with Crippen molar-refractivity contribution in [1.82, 2.24) is 10.6 Å². The molecule has 1 unspecified atom stereocenters. The Labute approximate surface area is 164 Å². The molecule has 6 nitrogen and oxygen atoms in total. The number of nitrogens with zero attached hydrogens (tertiary/aromatic N) is 2. The number of nitriles is 2. The number of nitrogens with one attached hydrogen (secondary N) is 2. The molecule has 28 heavy (non-hydrogen) atoms. The normalized spacial score (nSPS) is 17.6. The summed E-state index contributed by atoms with van der Waals surface area (Å²) in [6.07, 6.45) is 0.740. The zero-order valence-electron chi connectivity index (χ0n) is 15.5. The van der Waals surface area contributed by atoms with Crippen LogP contribution in [0, 0.1) is 22.7 Å². The molecule has 1 aliphatic heterocycles. The van der Waals surface area contributed by atoms with Gasteiger partial charge in [-0.25, -0.2) is 0 Å². The molecule has 1 aliphatic rings. The minimum atomic E-state index is -0.611. The van der Waals surface area contributed by atoms with Gasteiger partial charge in [0.15, 0.2) is 0 Å². The van der Waals surface area contributed by atoms with Crippen molar-refractivity contribution in [2.24, 2.45) is 0 Å². The Morgan fingerprint density at radius 3 is 2.46 bits per heavy atom. The molecule has 1 fully saturated rings. The van der Waals surface area contributed by atoms with E-state index < -0.39 is 12.1 Å². The van der Waals surface area contributed by atoms with Crippen LogP contribution in [0.25, 0.3) is 11.1 Å². The van der Waals surface area contributed by atoms with E-state index in [1.807, 2.05) is 36.4 Å². The average Bonchev–Trinajstić information content (AvgIpc) is 3.03. The Kier molecular flexibility index (Phi) is 6.75. The summed E-state index contributed by atoms with van der Waals surface area (Å²) in [4.78, 5) is 12.4. The predicted molar refractivity (Wildman–Crippen MR) is 105 cm³/mol. The van der Waals surface area contributed by atoms with Crippen LogP contribution in [-0.4, -0.2) is 37.7 Å². The first kappa shape index (κ1) is 19.6. The zero-order chi connectivity index (χ0) is 19.8. The Balaban J connectivity index is 1.60. The molecule has 6 heteroatoms. The third-order valence-corrected chi connectivity index (χ3v) is 4.65. The number of ether oxygens (including phenoxy) is 1. The first-order valence-corrected chi connectivity index (χ1v) is 9.31. The zero-order valence-corrected chi connectivity index (χ0v) is 15.5. The van der Waals surface area contributed by atoms with Gasteiger partial charge in [0, 0.05) is 19.6 Å². The largest absolute Gasteiger partial charge is 0.367 e. The summed E-state index contributed by atoms with van der Waals surface area (Å²) in [6.45, 7) is 1.83. The summed E-state index contributed by atoms with van der Waals surface area (Å²) in [6, 6.07) is 18.9. The van der Waals surface area contributed by atoms with Crippen LogP contribution in [-0.2, 0) is 16.0 Å². The van der Waals surface area contributed by atoms with Gasteiger partial charge in [-0.1, -0.05) is 36.4 Å². The monoisotopic (exact) mass is 374 g/mol. The second-order valence-corrected chi connectivity index (χ2v) is 6.70. The Bertz CT molecular complexity index is 871. The summed E-state index contributed by atoms with van der Waals surface area (Å²) in [5.41, 5.74) is 3.64. The smallest absolute Gasteiger partial charge is 0.251 e. The molecule has 0 spiro atoms. The van der Waals surface area contributed by atoms with Crippen LogP contribution in [0.2, 0.25) is 0 Å². The number of amides is 1. The third-order valence-electron chi connectivity index (χ3n) is 4.65. The molecule has 0 aromatic heterocycles. The van der Waals surface area contributed by atoms with Crippen molar-refractivity contribution in [1.29, 1.82) is 10.5 Å². The highest BCUT2D eigenvalue weighted by molar-refractivity contribution is 5.81. The van der Waals surface area contributed by atoms with Gasteiger partial charge >= 0.3 is 0 Å². The number of benzene rings is 2. The molecule has 2 aromatic rings. The lowest BCUT2D eigenvalue weighted by Gasteiger charge is -2.18. The topological polar surface area (TPSA) is 97.9 Å².